The molecule has 23 heavy (non-hydrogen) atoms. The van der Waals surface area contributed by atoms with Crippen LogP contribution in [0.3, 0.4) is 0 Å². The monoisotopic (exact) mass is 335 g/mol. The Morgan fingerprint density at radius 1 is 1.00 bits per heavy atom. The van der Waals surface area contributed by atoms with Crippen molar-refractivity contribution in [1.29, 1.82) is 0 Å². The Balaban J connectivity index is 2.09. The van der Waals surface area contributed by atoms with Crippen LogP contribution in [0.15, 0.2) is 53.4 Å². The van der Waals surface area contributed by atoms with Crippen LogP contribution in [0.5, 0.6) is 5.75 Å². The third-order valence-electron chi connectivity index (χ3n) is 3.15. The number of benzene rings is 2. The molecule has 118 valence electrons. The van der Waals surface area contributed by atoms with Gasteiger partial charge < -0.3 is 4.18 Å². The van der Waals surface area contributed by atoms with Gasteiger partial charge in [0.05, 0.1) is 0 Å². The molecule has 0 unspecified atom stereocenters. The quantitative estimate of drug-likeness (QED) is 0.687. The summed E-state index contributed by atoms with van der Waals surface area (Å²) in [5.41, 5.74) is 1.04. The molecule has 0 amide bonds. The van der Waals surface area contributed by atoms with Crippen LogP contribution in [0, 0.1) is 18.6 Å². The Morgan fingerprint density at radius 3 is 2.39 bits per heavy atom. The first-order valence-electron chi connectivity index (χ1n) is 6.62. The molecule has 4 nitrogen and oxygen atoms in total. The van der Waals surface area contributed by atoms with Crippen LogP contribution in [0.4, 0.5) is 8.78 Å². The topological polar surface area (TPSA) is 56.3 Å². The summed E-state index contributed by atoms with van der Waals surface area (Å²) in [7, 11) is -4.38. The van der Waals surface area contributed by atoms with E-state index in [2.05, 4.69) is 4.98 Å². The fraction of sp³-hybridized carbons (Fsp3) is 0.0625. The predicted molar refractivity (Wildman–Crippen MR) is 80.7 cm³/mol. The molecule has 0 saturated heterocycles. The van der Waals surface area contributed by atoms with E-state index in [0.29, 0.717) is 34.8 Å². The molecule has 0 saturated carbocycles. The summed E-state index contributed by atoms with van der Waals surface area (Å²) in [6, 6.07) is 10.3. The zero-order chi connectivity index (χ0) is 16.6. The van der Waals surface area contributed by atoms with E-state index in [4.69, 9.17) is 4.18 Å². The third kappa shape index (κ3) is 3.14. The lowest BCUT2D eigenvalue weighted by atomic mass is 10.2. The summed E-state index contributed by atoms with van der Waals surface area (Å²) in [4.78, 5) is 3.65. The van der Waals surface area contributed by atoms with Gasteiger partial charge in [0, 0.05) is 17.1 Å². The molecule has 0 atom stereocenters. The maximum atomic E-state index is 13.2. The number of aryl methyl sites for hydroxylation is 1. The standard InChI is InChI=1S/C16H11F2NO3S/c1-10-5-6-11-3-2-4-15(16(11)19-10)22-23(20,21)14-8-12(17)7-13(18)9-14/h2-9H,1H3. The van der Waals surface area contributed by atoms with Crippen molar-refractivity contribution >= 4 is 21.0 Å². The fourth-order valence-corrected chi connectivity index (χ4v) is 3.10. The number of rotatable bonds is 3. The van der Waals surface area contributed by atoms with Crippen molar-refractivity contribution in [3.8, 4) is 5.75 Å². The highest BCUT2D eigenvalue weighted by molar-refractivity contribution is 7.87. The van der Waals surface area contributed by atoms with Crippen LogP contribution < -0.4 is 4.18 Å². The minimum atomic E-state index is -4.38. The first-order chi connectivity index (χ1) is 10.8. The molecule has 0 aliphatic carbocycles. The predicted octanol–water partition coefficient (Wildman–Crippen LogP) is 3.59. The maximum Gasteiger partial charge on any atom is 0.339 e. The summed E-state index contributed by atoms with van der Waals surface area (Å²) < 4.78 is 56.0. The second-order valence-corrected chi connectivity index (χ2v) is 6.47. The number of hydrogen-bond acceptors (Lipinski definition) is 4. The Kier molecular flexibility index (Phi) is 3.73. The number of fused-ring (bicyclic) bond motifs is 1. The van der Waals surface area contributed by atoms with Crippen LogP contribution in [0.25, 0.3) is 10.9 Å². The number of aromatic nitrogens is 1. The van der Waals surface area contributed by atoms with Crippen molar-refractivity contribution in [2.75, 3.05) is 0 Å². The first-order valence-corrected chi connectivity index (χ1v) is 8.03. The summed E-state index contributed by atoms with van der Waals surface area (Å²) in [6.45, 7) is 1.76. The lowest BCUT2D eigenvalue weighted by Gasteiger charge is -2.09. The first kappa shape index (κ1) is 15.4. The lowest BCUT2D eigenvalue weighted by molar-refractivity contribution is 0.484. The molecule has 0 bridgehead atoms. The van der Waals surface area contributed by atoms with Crippen molar-refractivity contribution in [1.82, 2.24) is 4.98 Å². The second-order valence-electron chi connectivity index (χ2n) is 4.92. The Labute approximate surface area is 131 Å². The van der Waals surface area contributed by atoms with Crippen LogP contribution >= 0.6 is 0 Å². The second kappa shape index (κ2) is 5.58. The fourth-order valence-electron chi connectivity index (χ4n) is 2.12. The van der Waals surface area contributed by atoms with E-state index in [0.717, 1.165) is 0 Å². The molecule has 0 radical (unpaired) electrons. The highest BCUT2D eigenvalue weighted by atomic mass is 32.2. The van der Waals surface area contributed by atoms with Gasteiger partial charge in [-0.05, 0) is 31.2 Å². The molecule has 0 fully saturated rings. The largest absolute Gasteiger partial charge is 0.377 e. The number of nitrogens with zero attached hydrogens (tertiary/aromatic N) is 1. The molecular formula is C16H11F2NO3S. The molecular weight excluding hydrogens is 324 g/mol. The van der Waals surface area contributed by atoms with Crippen molar-refractivity contribution in [3.05, 3.63) is 65.9 Å². The van der Waals surface area contributed by atoms with E-state index in [-0.39, 0.29) is 5.75 Å². The Morgan fingerprint density at radius 2 is 1.70 bits per heavy atom. The molecule has 1 aromatic heterocycles. The highest BCUT2D eigenvalue weighted by Crippen LogP contribution is 2.27. The van der Waals surface area contributed by atoms with Gasteiger partial charge in [-0.1, -0.05) is 18.2 Å². The number of para-hydroxylation sites is 1. The van der Waals surface area contributed by atoms with Gasteiger partial charge in [-0.15, -0.1) is 0 Å². The third-order valence-corrected chi connectivity index (χ3v) is 4.36. The number of pyridine rings is 1. The lowest BCUT2D eigenvalue weighted by Crippen LogP contribution is -2.11. The van der Waals surface area contributed by atoms with Gasteiger partial charge in [0.2, 0.25) is 0 Å². The molecule has 3 aromatic rings. The zero-order valence-corrected chi connectivity index (χ0v) is 12.8. The number of halogens is 2. The van der Waals surface area contributed by atoms with Gasteiger partial charge in [-0.25, -0.2) is 13.8 Å². The van der Waals surface area contributed by atoms with E-state index in [1.54, 1.807) is 31.2 Å². The van der Waals surface area contributed by atoms with Gasteiger partial charge in [0.25, 0.3) is 0 Å². The molecule has 1 heterocycles. The minimum Gasteiger partial charge on any atom is -0.377 e. The molecule has 3 rings (SSSR count). The van der Waals surface area contributed by atoms with E-state index >= 15 is 0 Å². The molecule has 0 N–H and O–H groups in total. The van der Waals surface area contributed by atoms with Crippen LogP contribution in [-0.4, -0.2) is 13.4 Å². The Bertz CT molecular complexity index is 983. The van der Waals surface area contributed by atoms with Crippen molar-refractivity contribution in [3.63, 3.8) is 0 Å². The summed E-state index contributed by atoms with van der Waals surface area (Å²) in [5, 5.41) is 0.689. The van der Waals surface area contributed by atoms with Crippen LogP contribution in [0.2, 0.25) is 0 Å². The van der Waals surface area contributed by atoms with E-state index in [9.17, 15) is 17.2 Å². The minimum absolute atomic E-state index is 0.00382. The molecule has 2 aromatic carbocycles. The SMILES string of the molecule is Cc1ccc2cccc(OS(=O)(=O)c3cc(F)cc(F)c3)c2n1. The smallest absolute Gasteiger partial charge is 0.339 e. The zero-order valence-electron chi connectivity index (χ0n) is 12.0. The molecule has 0 spiro atoms. The maximum absolute atomic E-state index is 13.2. The van der Waals surface area contributed by atoms with Crippen molar-refractivity contribution < 1.29 is 21.4 Å². The normalized spacial score (nSPS) is 11.6. The van der Waals surface area contributed by atoms with Gasteiger partial charge in [-0.3, -0.25) is 0 Å². The molecule has 0 aliphatic heterocycles. The van der Waals surface area contributed by atoms with Crippen LogP contribution in [0.1, 0.15) is 5.69 Å². The van der Waals surface area contributed by atoms with Gasteiger partial charge in [-0.2, -0.15) is 8.42 Å². The van der Waals surface area contributed by atoms with Gasteiger partial charge in [0.1, 0.15) is 22.0 Å². The number of hydrogen-bond donors (Lipinski definition) is 0. The van der Waals surface area contributed by atoms with E-state index < -0.39 is 26.6 Å². The van der Waals surface area contributed by atoms with Crippen LogP contribution in [-0.2, 0) is 10.1 Å². The van der Waals surface area contributed by atoms with Gasteiger partial charge in [0.15, 0.2) is 5.75 Å². The highest BCUT2D eigenvalue weighted by Gasteiger charge is 2.20. The average molecular weight is 335 g/mol. The van der Waals surface area contributed by atoms with Crippen molar-refractivity contribution in [2.45, 2.75) is 11.8 Å². The summed E-state index contributed by atoms with van der Waals surface area (Å²) in [5.74, 6) is -2.01. The van der Waals surface area contributed by atoms with Gasteiger partial charge >= 0.3 is 10.1 Å². The molecule has 0 aliphatic rings. The molecule has 7 heteroatoms. The summed E-state index contributed by atoms with van der Waals surface area (Å²) in [6.07, 6.45) is 0. The van der Waals surface area contributed by atoms with Crippen molar-refractivity contribution in [2.24, 2.45) is 0 Å². The Hall–Kier alpha value is -2.54. The summed E-state index contributed by atoms with van der Waals surface area (Å²) >= 11 is 0. The van der Waals surface area contributed by atoms with E-state index in [1.807, 2.05) is 0 Å². The van der Waals surface area contributed by atoms with E-state index in [1.165, 1.54) is 6.07 Å². The average Bonchev–Trinajstić information content (AvgIpc) is 2.46.